The number of thiophene rings is 1. The molecule has 0 saturated carbocycles. The highest BCUT2D eigenvalue weighted by Gasteiger charge is 2.31. The Kier molecular flexibility index (Phi) is 5.36. The summed E-state index contributed by atoms with van der Waals surface area (Å²) >= 11 is 1.95. The van der Waals surface area contributed by atoms with Gasteiger partial charge >= 0.3 is 0 Å². The molecule has 4 aliphatic rings. The van der Waals surface area contributed by atoms with Gasteiger partial charge in [0.1, 0.15) is 17.7 Å². The predicted octanol–water partition coefficient (Wildman–Crippen LogP) is 6.54. The molecule has 2 heterocycles. The van der Waals surface area contributed by atoms with Crippen LogP contribution in [0.5, 0.6) is 0 Å². The van der Waals surface area contributed by atoms with Gasteiger partial charge < -0.3 is 4.90 Å². The van der Waals surface area contributed by atoms with Gasteiger partial charge in [0.05, 0.1) is 5.00 Å². The third-order valence-corrected chi connectivity index (χ3v) is 8.39. The molecule has 0 unspecified atom stereocenters. The molecule has 0 bridgehead atoms. The first-order valence-electron chi connectivity index (χ1n) is 11.3. The molecule has 0 spiro atoms. The van der Waals surface area contributed by atoms with Gasteiger partial charge in [-0.15, -0.1) is 11.3 Å². The predicted molar refractivity (Wildman–Crippen MR) is 123 cm³/mol. The molecule has 1 aromatic rings. The molecule has 4 heteroatoms. The zero-order valence-corrected chi connectivity index (χ0v) is 18.2. The summed E-state index contributed by atoms with van der Waals surface area (Å²) in [5.41, 5.74) is 5.45. The van der Waals surface area contributed by atoms with Crippen LogP contribution in [-0.2, 0) is 0 Å². The number of rotatable bonds is 2. The molecule has 30 heavy (non-hydrogen) atoms. The maximum atomic E-state index is 9.23. The highest BCUT2D eigenvalue weighted by atomic mass is 32.1. The van der Waals surface area contributed by atoms with Gasteiger partial charge in [-0.05, 0) is 97.6 Å². The van der Waals surface area contributed by atoms with Crippen molar-refractivity contribution < 1.29 is 0 Å². The Bertz CT molecular complexity index is 1030. The smallest absolute Gasteiger partial charge is 0.132 e. The molecule has 0 radical (unpaired) electrons. The molecule has 1 aromatic heterocycles. The molecule has 3 aliphatic carbocycles. The van der Waals surface area contributed by atoms with Gasteiger partial charge in [-0.2, -0.15) is 10.5 Å². The highest BCUT2D eigenvalue weighted by Crippen LogP contribution is 2.47. The Balaban J connectivity index is 1.43. The number of piperidine rings is 1. The van der Waals surface area contributed by atoms with Gasteiger partial charge in [0.15, 0.2) is 0 Å². The fourth-order valence-electron chi connectivity index (χ4n) is 5.48. The van der Waals surface area contributed by atoms with E-state index in [-0.39, 0.29) is 5.57 Å². The van der Waals surface area contributed by atoms with Crippen LogP contribution >= 0.6 is 11.3 Å². The Morgan fingerprint density at radius 1 is 0.900 bits per heavy atom. The third kappa shape index (κ3) is 3.66. The second kappa shape index (κ2) is 8.29. The molecular weight excluding hydrogens is 386 g/mol. The summed E-state index contributed by atoms with van der Waals surface area (Å²) < 4.78 is 0. The Morgan fingerprint density at radius 3 is 2.40 bits per heavy atom. The first-order chi connectivity index (χ1) is 14.7. The summed E-state index contributed by atoms with van der Waals surface area (Å²) in [4.78, 5) is 3.98. The van der Waals surface area contributed by atoms with Crippen LogP contribution in [-0.4, -0.2) is 13.1 Å². The summed E-state index contributed by atoms with van der Waals surface area (Å²) in [7, 11) is 0. The van der Waals surface area contributed by atoms with E-state index in [1.54, 1.807) is 0 Å². The van der Waals surface area contributed by atoms with Crippen LogP contribution in [0.15, 0.2) is 52.7 Å². The summed E-state index contributed by atoms with van der Waals surface area (Å²) in [5, 5.41) is 19.9. The van der Waals surface area contributed by atoms with Crippen molar-refractivity contribution in [1.29, 1.82) is 10.5 Å². The lowest BCUT2D eigenvalue weighted by atomic mass is 9.69. The summed E-state index contributed by atoms with van der Waals surface area (Å²) in [6.45, 7) is 2.40. The summed E-state index contributed by atoms with van der Waals surface area (Å²) in [6, 6.07) is 8.77. The van der Waals surface area contributed by atoms with Crippen molar-refractivity contribution in [2.75, 3.05) is 18.0 Å². The Hall–Kier alpha value is -2.56. The topological polar surface area (TPSA) is 50.8 Å². The molecule has 5 rings (SSSR count). The number of nitriles is 2. The minimum Gasteiger partial charge on any atom is -0.363 e. The number of fused-ring (bicyclic) bond motifs is 2. The first-order valence-corrected chi connectivity index (χ1v) is 12.1. The molecule has 2 atom stereocenters. The van der Waals surface area contributed by atoms with Crippen LogP contribution in [0, 0.1) is 34.5 Å². The van der Waals surface area contributed by atoms with Gasteiger partial charge in [0, 0.05) is 18.0 Å². The van der Waals surface area contributed by atoms with E-state index in [0.29, 0.717) is 11.8 Å². The van der Waals surface area contributed by atoms with Crippen molar-refractivity contribution in [1.82, 2.24) is 0 Å². The lowest BCUT2D eigenvalue weighted by Gasteiger charge is -2.36. The Labute approximate surface area is 183 Å². The van der Waals surface area contributed by atoms with E-state index in [2.05, 4.69) is 47.4 Å². The van der Waals surface area contributed by atoms with E-state index in [0.717, 1.165) is 18.4 Å². The molecular formula is C26H27N3S. The number of anilines is 1. The molecule has 1 saturated heterocycles. The zero-order valence-electron chi connectivity index (χ0n) is 17.4. The second-order valence-electron chi connectivity index (χ2n) is 8.97. The quantitative estimate of drug-likeness (QED) is 0.517. The van der Waals surface area contributed by atoms with Crippen LogP contribution in [0.1, 0.15) is 56.2 Å². The monoisotopic (exact) mass is 413 g/mol. The van der Waals surface area contributed by atoms with E-state index in [9.17, 15) is 10.5 Å². The van der Waals surface area contributed by atoms with Crippen LogP contribution in [0.3, 0.4) is 0 Å². The lowest BCUT2D eigenvalue weighted by Crippen LogP contribution is -2.28. The van der Waals surface area contributed by atoms with Crippen molar-refractivity contribution in [2.45, 2.75) is 51.4 Å². The van der Waals surface area contributed by atoms with Crippen molar-refractivity contribution in [3.8, 4) is 12.1 Å². The fraction of sp³-hybridized carbons (Fsp3) is 0.462. The average Bonchev–Trinajstić information content (AvgIpc) is 3.29. The minimum absolute atomic E-state index is 0.283. The SMILES string of the molecule is N#CC(C#N)=C1C=C2C=C3C=C(c4ccc(N5CCCCC5)s4)CC[C@@H]3C[C@@H]2CC1. The van der Waals surface area contributed by atoms with E-state index in [4.69, 9.17) is 0 Å². The fourth-order valence-corrected chi connectivity index (χ4v) is 6.58. The molecule has 1 aliphatic heterocycles. The average molecular weight is 414 g/mol. The van der Waals surface area contributed by atoms with Gasteiger partial charge in [-0.3, -0.25) is 0 Å². The summed E-state index contributed by atoms with van der Waals surface area (Å²) in [5.74, 6) is 1.25. The van der Waals surface area contributed by atoms with Gasteiger partial charge in [0.2, 0.25) is 0 Å². The maximum absolute atomic E-state index is 9.23. The number of hydrogen-bond acceptors (Lipinski definition) is 4. The molecule has 152 valence electrons. The third-order valence-electron chi connectivity index (χ3n) is 7.17. The van der Waals surface area contributed by atoms with E-state index < -0.39 is 0 Å². The van der Waals surface area contributed by atoms with Crippen molar-refractivity contribution in [3.63, 3.8) is 0 Å². The molecule has 3 nitrogen and oxygen atoms in total. The highest BCUT2D eigenvalue weighted by molar-refractivity contribution is 7.17. The van der Waals surface area contributed by atoms with Gasteiger partial charge in [0.25, 0.3) is 0 Å². The minimum atomic E-state index is 0.283. The van der Waals surface area contributed by atoms with Crippen LogP contribution in [0.25, 0.3) is 5.57 Å². The van der Waals surface area contributed by atoms with E-state index in [1.165, 1.54) is 78.2 Å². The molecule has 0 N–H and O–H groups in total. The van der Waals surface area contributed by atoms with Crippen molar-refractivity contribution >= 4 is 21.9 Å². The van der Waals surface area contributed by atoms with Crippen molar-refractivity contribution in [3.05, 3.63) is 57.5 Å². The largest absolute Gasteiger partial charge is 0.363 e. The molecule has 1 fully saturated rings. The van der Waals surface area contributed by atoms with E-state index in [1.807, 2.05) is 11.3 Å². The number of nitrogens with zero attached hydrogens (tertiary/aromatic N) is 3. The van der Waals surface area contributed by atoms with Crippen LogP contribution < -0.4 is 4.90 Å². The van der Waals surface area contributed by atoms with E-state index >= 15 is 0 Å². The normalized spacial score (nSPS) is 25.7. The van der Waals surface area contributed by atoms with Gasteiger partial charge in [-0.25, -0.2) is 0 Å². The summed E-state index contributed by atoms with van der Waals surface area (Å²) in [6.07, 6.45) is 16.5. The zero-order chi connectivity index (χ0) is 20.5. The molecule has 0 aromatic carbocycles. The first kappa shape index (κ1) is 19.4. The molecule has 0 amide bonds. The standard InChI is InChI=1S/C26H27N3S/c27-16-24(17-28)20-5-4-18-12-19-6-7-21(14-23(19)15-22(18)13-20)25-8-9-26(30-25)29-10-2-1-3-11-29/h8-9,13-15,18-19H,1-7,10-12H2/t18-,19+/m0/s1. The van der Waals surface area contributed by atoms with Crippen LogP contribution in [0.2, 0.25) is 0 Å². The number of hydrogen-bond donors (Lipinski definition) is 0. The van der Waals surface area contributed by atoms with Gasteiger partial charge in [-0.1, -0.05) is 18.2 Å². The van der Waals surface area contributed by atoms with Crippen LogP contribution in [0.4, 0.5) is 5.00 Å². The maximum Gasteiger partial charge on any atom is 0.132 e. The Morgan fingerprint density at radius 2 is 1.63 bits per heavy atom. The number of allylic oxidation sites excluding steroid dienone is 8. The lowest BCUT2D eigenvalue weighted by molar-refractivity contribution is 0.395. The van der Waals surface area contributed by atoms with Crippen molar-refractivity contribution in [2.24, 2.45) is 11.8 Å². The second-order valence-corrected chi connectivity index (χ2v) is 10.0.